The van der Waals surface area contributed by atoms with Gasteiger partial charge in [0, 0.05) is 38.4 Å². The molecule has 0 radical (unpaired) electrons. The maximum atomic E-state index is 13.2. The highest BCUT2D eigenvalue weighted by atomic mass is 16.1. The number of piperazine rings is 1. The smallest absolute Gasteiger partial charge is 0.262 e. The van der Waals surface area contributed by atoms with Crippen molar-refractivity contribution in [1.29, 1.82) is 0 Å². The third kappa shape index (κ3) is 2.59. The van der Waals surface area contributed by atoms with Gasteiger partial charge in [-0.05, 0) is 48.7 Å². The maximum absolute atomic E-state index is 13.2. The number of benzene rings is 2. The summed E-state index contributed by atoms with van der Waals surface area (Å²) in [6, 6.07) is 14.6. The molecule has 0 amide bonds. The van der Waals surface area contributed by atoms with Gasteiger partial charge < -0.3 is 19.4 Å². The monoisotopic (exact) mass is 385 g/mol. The van der Waals surface area contributed by atoms with Crippen molar-refractivity contribution in [3.8, 4) is 11.4 Å². The Hall–Kier alpha value is -3.12. The number of H-pyrrole nitrogens is 1. The summed E-state index contributed by atoms with van der Waals surface area (Å²) >= 11 is 0. The number of fused-ring (bicyclic) bond motifs is 1. The predicted molar refractivity (Wildman–Crippen MR) is 117 cm³/mol. The van der Waals surface area contributed by atoms with Gasteiger partial charge in [-0.1, -0.05) is 18.2 Å². The zero-order valence-corrected chi connectivity index (χ0v) is 16.5. The molecule has 146 valence electrons. The molecule has 0 atom stereocenters. The number of rotatable bonds is 2. The van der Waals surface area contributed by atoms with Crippen LogP contribution in [0.5, 0.6) is 0 Å². The minimum absolute atomic E-state index is 0.0424. The number of pyridine rings is 1. The molecule has 2 aliphatic heterocycles. The van der Waals surface area contributed by atoms with Crippen molar-refractivity contribution in [3.63, 3.8) is 0 Å². The molecule has 6 heteroatoms. The van der Waals surface area contributed by atoms with E-state index >= 15 is 0 Å². The predicted octanol–water partition coefficient (Wildman–Crippen LogP) is 2.85. The fraction of sp³-hybridized carbons (Fsp3) is 0.304. The van der Waals surface area contributed by atoms with E-state index in [-0.39, 0.29) is 5.56 Å². The van der Waals surface area contributed by atoms with Crippen LogP contribution in [0.1, 0.15) is 5.56 Å². The summed E-state index contributed by atoms with van der Waals surface area (Å²) in [4.78, 5) is 26.1. The number of para-hydroxylation sites is 1. The van der Waals surface area contributed by atoms with Crippen LogP contribution >= 0.6 is 0 Å². The third-order valence-corrected chi connectivity index (χ3v) is 6.39. The van der Waals surface area contributed by atoms with Crippen LogP contribution in [-0.2, 0) is 13.0 Å². The Morgan fingerprint density at radius 3 is 2.72 bits per heavy atom. The highest BCUT2D eigenvalue weighted by Gasteiger charge is 2.20. The van der Waals surface area contributed by atoms with Gasteiger partial charge in [-0.3, -0.25) is 4.79 Å². The van der Waals surface area contributed by atoms with E-state index in [0.717, 1.165) is 61.1 Å². The molecule has 0 unspecified atom stereocenters. The van der Waals surface area contributed by atoms with E-state index in [2.05, 4.69) is 58.2 Å². The SMILES string of the molecule is CN1CCN(c2ccc3nc(-c4cc5cccc6c5n(c4=O)CC6)[nH]c3c2)CC1. The van der Waals surface area contributed by atoms with E-state index < -0.39 is 0 Å². The number of aromatic nitrogens is 3. The standard InChI is InChI=1S/C23H23N5O/c1-26-9-11-27(12-10-26)17-5-6-19-20(14-17)25-22(24-19)18-13-16-4-2-3-15-7-8-28(21(15)16)23(18)29/h2-6,13-14H,7-12H2,1H3,(H,24,25). The zero-order valence-electron chi connectivity index (χ0n) is 16.5. The highest BCUT2D eigenvalue weighted by Crippen LogP contribution is 2.28. The zero-order chi connectivity index (χ0) is 19.5. The van der Waals surface area contributed by atoms with Crippen molar-refractivity contribution in [2.45, 2.75) is 13.0 Å². The minimum atomic E-state index is 0.0424. The second-order valence-corrected chi connectivity index (χ2v) is 8.20. The van der Waals surface area contributed by atoms with Crippen LogP contribution in [0.4, 0.5) is 5.69 Å². The molecule has 2 aromatic heterocycles. The quantitative estimate of drug-likeness (QED) is 0.577. The van der Waals surface area contributed by atoms with Crippen molar-refractivity contribution in [2.24, 2.45) is 0 Å². The number of aromatic amines is 1. The molecule has 0 aliphatic carbocycles. The van der Waals surface area contributed by atoms with Crippen molar-refractivity contribution < 1.29 is 0 Å². The highest BCUT2D eigenvalue weighted by molar-refractivity contribution is 5.88. The molecule has 0 bridgehead atoms. The molecule has 1 fully saturated rings. The van der Waals surface area contributed by atoms with Gasteiger partial charge in [0.2, 0.25) is 0 Å². The summed E-state index contributed by atoms with van der Waals surface area (Å²) in [5.41, 5.74) is 6.11. The molecule has 6 nitrogen and oxygen atoms in total. The molecule has 0 spiro atoms. The van der Waals surface area contributed by atoms with E-state index in [1.807, 2.05) is 10.6 Å². The average Bonchev–Trinajstić information content (AvgIpc) is 3.36. The number of hydrogen-bond acceptors (Lipinski definition) is 4. The van der Waals surface area contributed by atoms with Crippen molar-refractivity contribution in [2.75, 3.05) is 38.1 Å². The lowest BCUT2D eigenvalue weighted by atomic mass is 10.1. The van der Waals surface area contributed by atoms with Crippen molar-refractivity contribution in [3.05, 3.63) is 58.4 Å². The minimum Gasteiger partial charge on any atom is -0.369 e. The van der Waals surface area contributed by atoms with E-state index in [1.165, 1.54) is 11.3 Å². The molecule has 2 aromatic carbocycles. The normalized spacial score (nSPS) is 16.9. The fourth-order valence-corrected chi connectivity index (χ4v) is 4.72. The third-order valence-electron chi connectivity index (χ3n) is 6.39. The largest absolute Gasteiger partial charge is 0.369 e. The van der Waals surface area contributed by atoms with Gasteiger partial charge in [0.1, 0.15) is 5.82 Å². The molecule has 6 rings (SSSR count). The van der Waals surface area contributed by atoms with Gasteiger partial charge in [-0.15, -0.1) is 0 Å². The number of aryl methyl sites for hydroxylation is 2. The van der Waals surface area contributed by atoms with Crippen molar-refractivity contribution >= 4 is 27.6 Å². The number of nitrogens with one attached hydrogen (secondary N) is 1. The van der Waals surface area contributed by atoms with Gasteiger partial charge in [-0.2, -0.15) is 0 Å². The first-order chi connectivity index (χ1) is 14.2. The molecular formula is C23H23N5O. The van der Waals surface area contributed by atoms with E-state index in [4.69, 9.17) is 4.98 Å². The van der Waals surface area contributed by atoms with Gasteiger partial charge in [0.05, 0.1) is 22.1 Å². The summed E-state index contributed by atoms with van der Waals surface area (Å²) in [6.45, 7) is 4.95. The van der Waals surface area contributed by atoms with Gasteiger partial charge in [0.15, 0.2) is 0 Å². The number of likely N-dealkylation sites (N-methyl/N-ethyl adjacent to an activating group) is 1. The first-order valence-corrected chi connectivity index (χ1v) is 10.3. The Labute approximate surface area is 168 Å². The Balaban J connectivity index is 1.44. The van der Waals surface area contributed by atoms with Crippen LogP contribution in [0.3, 0.4) is 0 Å². The van der Waals surface area contributed by atoms with Crippen LogP contribution < -0.4 is 10.5 Å². The number of anilines is 1. The Bertz CT molecular complexity index is 1310. The Morgan fingerprint density at radius 2 is 1.86 bits per heavy atom. The molecule has 1 N–H and O–H groups in total. The Morgan fingerprint density at radius 1 is 1.00 bits per heavy atom. The lowest BCUT2D eigenvalue weighted by molar-refractivity contribution is 0.313. The summed E-state index contributed by atoms with van der Waals surface area (Å²) in [6.07, 6.45) is 0.921. The summed E-state index contributed by atoms with van der Waals surface area (Å²) in [7, 11) is 2.16. The molecule has 0 saturated carbocycles. The first kappa shape index (κ1) is 16.8. The van der Waals surface area contributed by atoms with E-state index in [9.17, 15) is 4.79 Å². The molecule has 4 aromatic rings. The molecular weight excluding hydrogens is 362 g/mol. The van der Waals surface area contributed by atoms with Gasteiger partial charge in [0.25, 0.3) is 5.56 Å². The summed E-state index contributed by atoms with van der Waals surface area (Å²) < 4.78 is 1.91. The molecule has 29 heavy (non-hydrogen) atoms. The molecule has 4 heterocycles. The lowest BCUT2D eigenvalue weighted by Crippen LogP contribution is -2.44. The van der Waals surface area contributed by atoms with Crippen LogP contribution in [0, 0.1) is 0 Å². The molecule has 1 saturated heterocycles. The second kappa shape index (κ2) is 6.19. The number of imidazole rings is 1. The van der Waals surface area contributed by atoms with E-state index in [1.54, 1.807) is 0 Å². The van der Waals surface area contributed by atoms with E-state index in [0.29, 0.717) is 11.4 Å². The number of nitrogens with zero attached hydrogens (tertiary/aromatic N) is 4. The van der Waals surface area contributed by atoms with Gasteiger partial charge in [-0.25, -0.2) is 4.98 Å². The van der Waals surface area contributed by atoms with Crippen molar-refractivity contribution in [1.82, 2.24) is 19.4 Å². The summed E-state index contributed by atoms with van der Waals surface area (Å²) in [5.74, 6) is 0.656. The first-order valence-electron chi connectivity index (χ1n) is 10.3. The van der Waals surface area contributed by atoms with Crippen LogP contribution in [0.2, 0.25) is 0 Å². The lowest BCUT2D eigenvalue weighted by Gasteiger charge is -2.34. The second-order valence-electron chi connectivity index (χ2n) is 8.20. The Kier molecular flexibility index (Phi) is 3.59. The van der Waals surface area contributed by atoms with Gasteiger partial charge >= 0.3 is 0 Å². The van der Waals surface area contributed by atoms with Crippen LogP contribution in [0.15, 0.2) is 47.3 Å². The topological polar surface area (TPSA) is 57.2 Å². The molecule has 2 aliphatic rings. The van der Waals surface area contributed by atoms with Crippen LogP contribution in [0.25, 0.3) is 33.3 Å². The summed E-state index contributed by atoms with van der Waals surface area (Å²) in [5, 5.41) is 1.10. The maximum Gasteiger partial charge on any atom is 0.262 e. The number of hydrogen-bond donors (Lipinski definition) is 1. The average molecular weight is 385 g/mol. The fourth-order valence-electron chi connectivity index (χ4n) is 4.72. The van der Waals surface area contributed by atoms with Crippen LogP contribution in [-0.4, -0.2) is 52.7 Å².